The number of pyridine rings is 1. The topological polar surface area (TPSA) is 42.2 Å². The minimum Gasteiger partial charge on any atom is -0.389 e. The highest BCUT2D eigenvalue weighted by atomic mass is 32.1. The molecule has 0 bridgehead atoms. The third-order valence-electron chi connectivity index (χ3n) is 3.29. The summed E-state index contributed by atoms with van der Waals surface area (Å²) >= 11 is 5.14. The number of hydrogen-bond donors (Lipinski definition) is 1. The predicted octanol–water partition coefficient (Wildman–Crippen LogP) is 2.79. The van der Waals surface area contributed by atoms with Gasteiger partial charge in [0.15, 0.2) is 0 Å². The Bertz CT molecular complexity index is 441. The summed E-state index contributed by atoms with van der Waals surface area (Å²) < 4.78 is 0. The summed E-state index contributed by atoms with van der Waals surface area (Å²) in [6, 6.07) is 4.61. The molecule has 0 aliphatic heterocycles. The third kappa shape index (κ3) is 2.99. The first-order valence-electron chi connectivity index (χ1n) is 6.67. The number of unbranched alkanes of at least 4 members (excludes halogenated alkanes) is 1. The van der Waals surface area contributed by atoms with Crippen molar-refractivity contribution in [2.45, 2.75) is 45.6 Å². The van der Waals surface area contributed by atoms with E-state index in [-0.39, 0.29) is 0 Å². The monoisotopic (exact) mass is 263 g/mol. The number of nitrogens with zero attached hydrogens (tertiary/aromatic N) is 2. The number of hydrogen-bond acceptors (Lipinski definition) is 3. The van der Waals surface area contributed by atoms with E-state index >= 15 is 0 Å². The molecule has 0 aromatic carbocycles. The standard InChI is InChI=1S/C14H21N3S/c1-3-4-9-17(11-6-7-11)14-12(13(15)18)8-5-10(2)16-14/h5,8,11H,3-4,6-7,9H2,1-2H3,(H2,15,18). The lowest BCUT2D eigenvalue weighted by molar-refractivity contribution is 0.703. The lowest BCUT2D eigenvalue weighted by Gasteiger charge is -2.25. The Labute approximate surface area is 114 Å². The molecule has 18 heavy (non-hydrogen) atoms. The Balaban J connectivity index is 2.32. The van der Waals surface area contributed by atoms with Gasteiger partial charge in [0.25, 0.3) is 0 Å². The van der Waals surface area contributed by atoms with Crippen LogP contribution in [0, 0.1) is 6.92 Å². The van der Waals surface area contributed by atoms with Crippen LogP contribution in [0.25, 0.3) is 0 Å². The average Bonchev–Trinajstić information content (AvgIpc) is 3.13. The zero-order valence-electron chi connectivity index (χ0n) is 11.1. The second kappa shape index (κ2) is 5.65. The van der Waals surface area contributed by atoms with Crippen LogP contribution >= 0.6 is 12.2 Å². The summed E-state index contributed by atoms with van der Waals surface area (Å²) in [6.45, 7) is 5.27. The van der Waals surface area contributed by atoms with E-state index in [4.69, 9.17) is 18.0 Å². The van der Waals surface area contributed by atoms with E-state index in [9.17, 15) is 0 Å². The summed E-state index contributed by atoms with van der Waals surface area (Å²) in [6.07, 6.45) is 4.90. The van der Waals surface area contributed by atoms with E-state index in [1.54, 1.807) is 0 Å². The maximum absolute atomic E-state index is 5.82. The molecule has 1 heterocycles. The van der Waals surface area contributed by atoms with Crippen LogP contribution in [0.2, 0.25) is 0 Å². The van der Waals surface area contributed by atoms with E-state index in [0.717, 1.165) is 23.6 Å². The molecule has 2 rings (SSSR count). The van der Waals surface area contributed by atoms with E-state index in [1.807, 2.05) is 19.1 Å². The summed E-state index contributed by atoms with van der Waals surface area (Å²) in [5, 5.41) is 0. The van der Waals surface area contributed by atoms with Gasteiger partial charge in [0.2, 0.25) is 0 Å². The molecule has 4 heteroatoms. The van der Waals surface area contributed by atoms with E-state index < -0.39 is 0 Å². The van der Waals surface area contributed by atoms with Crippen LogP contribution in [0.4, 0.5) is 5.82 Å². The lowest BCUT2D eigenvalue weighted by Crippen LogP contribution is -2.30. The number of anilines is 1. The van der Waals surface area contributed by atoms with Crippen molar-refractivity contribution >= 4 is 23.0 Å². The Kier molecular flexibility index (Phi) is 4.17. The maximum atomic E-state index is 5.82. The Morgan fingerprint density at radius 3 is 2.78 bits per heavy atom. The molecule has 98 valence electrons. The molecule has 0 radical (unpaired) electrons. The van der Waals surface area contributed by atoms with E-state index in [2.05, 4.69) is 16.8 Å². The van der Waals surface area contributed by atoms with Crippen LogP contribution in [0.1, 0.15) is 43.9 Å². The minimum absolute atomic E-state index is 0.444. The molecule has 3 nitrogen and oxygen atoms in total. The first-order valence-corrected chi connectivity index (χ1v) is 7.08. The van der Waals surface area contributed by atoms with Gasteiger partial charge in [-0.2, -0.15) is 0 Å². The van der Waals surface area contributed by atoms with Gasteiger partial charge in [-0.1, -0.05) is 25.6 Å². The molecule has 1 aromatic rings. The number of aryl methyl sites for hydroxylation is 1. The molecule has 0 saturated heterocycles. The van der Waals surface area contributed by atoms with Crippen LogP contribution in [0.15, 0.2) is 12.1 Å². The van der Waals surface area contributed by atoms with Crippen molar-refractivity contribution in [2.24, 2.45) is 5.73 Å². The molecule has 0 spiro atoms. The van der Waals surface area contributed by atoms with Crippen molar-refractivity contribution in [3.63, 3.8) is 0 Å². The molecule has 0 amide bonds. The normalized spacial score (nSPS) is 14.6. The molecular weight excluding hydrogens is 242 g/mol. The van der Waals surface area contributed by atoms with Gasteiger partial charge in [-0.25, -0.2) is 4.98 Å². The molecule has 1 saturated carbocycles. The molecule has 0 unspecified atom stereocenters. The number of nitrogens with two attached hydrogens (primary N) is 1. The minimum atomic E-state index is 0.444. The Hall–Kier alpha value is -1.16. The van der Waals surface area contributed by atoms with Gasteiger partial charge < -0.3 is 10.6 Å². The first-order chi connectivity index (χ1) is 8.63. The van der Waals surface area contributed by atoms with Crippen LogP contribution in [-0.2, 0) is 0 Å². The van der Waals surface area contributed by atoms with E-state index in [0.29, 0.717) is 11.0 Å². The quantitative estimate of drug-likeness (QED) is 0.801. The van der Waals surface area contributed by atoms with Gasteiger partial charge in [0.05, 0.1) is 5.56 Å². The number of thiocarbonyl (C=S) groups is 1. The number of aromatic nitrogens is 1. The van der Waals surface area contributed by atoms with Crippen LogP contribution in [0.5, 0.6) is 0 Å². The SMILES string of the molecule is CCCCN(c1nc(C)ccc1C(N)=S)C1CC1. The Morgan fingerprint density at radius 1 is 1.50 bits per heavy atom. The molecule has 1 aromatic heterocycles. The van der Waals surface area contributed by atoms with Crippen LogP contribution < -0.4 is 10.6 Å². The van der Waals surface area contributed by atoms with Gasteiger partial charge in [0, 0.05) is 18.3 Å². The second-order valence-corrected chi connectivity index (χ2v) is 5.41. The molecule has 1 fully saturated rings. The van der Waals surface area contributed by atoms with Crippen molar-refractivity contribution < 1.29 is 0 Å². The molecule has 0 atom stereocenters. The van der Waals surface area contributed by atoms with Crippen molar-refractivity contribution in [1.29, 1.82) is 0 Å². The molecular formula is C14H21N3S. The summed E-state index contributed by atoms with van der Waals surface area (Å²) in [5.41, 5.74) is 7.75. The maximum Gasteiger partial charge on any atom is 0.139 e. The summed E-state index contributed by atoms with van der Waals surface area (Å²) in [7, 11) is 0. The van der Waals surface area contributed by atoms with Gasteiger partial charge in [-0.15, -0.1) is 0 Å². The third-order valence-corrected chi connectivity index (χ3v) is 3.51. The summed E-state index contributed by atoms with van der Waals surface area (Å²) in [4.78, 5) is 7.51. The zero-order valence-corrected chi connectivity index (χ0v) is 12.0. The van der Waals surface area contributed by atoms with Crippen molar-refractivity contribution in [3.8, 4) is 0 Å². The fraction of sp³-hybridized carbons (Fsp3) is 0.571. The molecule has 1 aliphatic rings. The predicted molar refractivity (Wildman–Crippen MR) is 80.1 cm³/mol. The van der Waals surface area contributed by atoms with Crippen LogP contribution in [-0.4, -0.2) is 22.6 Å². The highest BCUT2D eigenvalue weighted by molar-refractivity contribution is 7.80. The van der Waals surface area contributed by atoms with Gasteiger partial charge in [-0.05, 0) is 38.3 Å². The second-order valence-electron chi connectivity index (χ2n) is 4.97. The highest BCUT2D eigenvalue weighted by Crippen LogP contribution is 2.32. The number of rotatable bonds is 6. The Morgan fingerprint density at radius 2 is 2.22 bits per heavy atom. The zero-order chi connectivity index (χ0) is 13.1. The van der Waals surface area contributed by atoms with E-state index in [1.165, 1.54) is 25.7 Å². The fourth-order valence-corrected chi connectivity index (χ4v) is 2.29. The molecule has 1 aliphatic carbocycles. The van der Waals surface area contributed by atoms with Crippen molar-refractivity contribution in [1.82, 2.24) is 4.98 Å². The first kappa shape index (κ1) is 13.3. The molecule has 2 N–H and O–H groups in total. The lowest BCUT2D eigenvalue weighted by atomic mass is 10.2. The smallest absolute Gasteiger partial charge is 0.139 e. The van der Waals surface area contributed by atoms with Crippen molar-refractivity contribution in [3.05, 3.63) is 23.4 Å². The van der Waals surface area contributed by atoms with Gasteiger partial charge in [0.1, 0.15) is 10.8 Å². The van der Waals surface area contributed by atoms with Gasteiger partial charge >= 0.3 is 0 Å². The highest BCUT2D eigenvalue weighted by Gasteiger charge is 2.31. The van der Waals surface area contributed by atoms with Gasteiger partial charge in [-0.3, -0.25) is 0 Å². The fourth-order valence-electron chi connectivity index (χ4n) is 2.13. The largest absolute Gasteiger partial charge is 0.389 e. The van der Waals surface area contributed by atoms with Crippen LogP contribution in [0.3, 0.4) is 0 Å². The average molecular weight is 263 g/mol. The van der Waals surface area contributed by atoms with Crippen molar-refractivity contribution in [2.75, 3.05) is 11.4 Å². The summed E-state index contributed by atoms with van der Waals surface area (Å²) in [5.74, 6) is 0.985.